The zero-order valence-electron chi connectivity index (χ0n) is 18.0. The molecule has 0 atom stereocenters. The van der Waals surface area contributed by atoms with Crippen molar-refractivity contribution in [1.29, 1.82) is 5.41 Å². The Balaban J connectivity index is 1.84. The number of benzene rings is 1. The molecule has 4 N–H and O–H groups in total. The molecule has 1 aliphatic carbocycles. The van der Waals surface area contributed by atoms with Gasteiger partial charge in [0.15, 0.2) is 0 Å². The Morgan fingerprint density at radius 1 is 1.22 bits per heavy atom. The smallest absolute Gasteiger partial charge is 0.382 e. The number of rotatable bonds is 10. The lowest BCUT2D eigenvalue weighted by atomic mass is 9.81. The van der Waals surface area contributed by atoms with E-state index in [0.717, 1.165) is 18.5 Å². The van der Waals surface area contributed by atoms with Crippen molar-refractivity contribution >= 4 is 22.9 Å². The molecule has 1 heterocycles. The van der Waals surface area contributed by atoms with Crippen LogP contribution in [0.15, 0.2) is 61.5 Å². The minimum absolute atomic E-state index is 0.186. The molecule has 2 aromatic rings. The van der Waals surface area contributed by atoms with Gasteiger partial charge >= 0.3 is 6.18 Å². The third-order valence-corrected chi connectivity index (χ3v) is 5.35. The standard InChI is InChI=1S/C24H28F3N5/c1-4-16(3)30-14-20(28)22-21(31-19-11-15(2)12-19)9-10-29-23(22)32-18-7-5-17(6-8-18)13-24(25,26)27/h4-10,15,19,28,30H,1,3,11-14H2,2H3,(H2,29,31,32). The number of hydrogen-bond acceptors (Lipinski definition) is 5. The number of aromatic nitrogens is 1. The van der Waals surface area contributed by atoms with Gasteiger partial charge in [-0.1, -0.05) is 32.2 Å². The third-order valence-electron chi connectivity index (χ3n) is 5.35. The van der Waals surface area contributed by atoms with E-state index in [1.807, 2.05) is 6.07 Å². The second-order valence-corrected chi connectivity index (χ2v) is 8.18. The second kappa shape index (κ2) is 9.89. The largest absolute Gasteiger partial charge is 0.393 e. The molecule has 0 radical (unpaired) electrons. The quantitative estimate of drug-likeness (QED) is 0.277. The number of nitrogens with zero attached hydrogens (tertiary/aromatic N) is 1. The van der Waals surface area contributed by atoms with Gasteiger partial charge in [-0.3, -0.25) is 0 Å². The van der Waals surface area contributed by atoms with Crippen molar-refractivity contribution in [2.45, 2.75) is 38.4 Å². The monoisotopic (exact) mass is 443 g/mol. The molecule has 170 valence electrons. The highest BCUT2D eigenvalue weighted by Gasteiger charge is 2.28. The van der Waals surface area contributed by atoms with Crippen LogP contribution < -0.4 is 16.0 Å². The van der Waals surface area contributed by atoms with Crippen LogP contribution in [-0.4, -0.2) is 29.5 Å². The summed E-state index contributed by atoms with van der Waals surface area (Å²) in [4.78, 5) is 4.41. The normalized spacial score (nSPS) is 17.8. The van der Waals surface area contributed by atoms with Crippen LogP contribution in [0, 0.1) is 11.3 Å². The third kappa shape index (κ3) is 6.35. The van der Waals surface area contributed by atoms with Crippen LogP contribution in [0.2, 0.25) is 0 Å². The molecule has 0 unspecified atom stereocenters. The van der Waals surface area contributed by atoms with Gasteiger partial charge in [-0.2, -0.15) is 13.2 Å². The molecule has 1 aliphatic rings. The highest BCUT2D eigenvalue weighted by molar-refractivity contribution is 6.08. The first kappa shape index (κ1) is 23.4. The Kier molecular flexibility index (Phi) is 7.22. The molecule has 0 amide bonds. The molecule has 0 spiro atoms. The van der Waals surface area contributed by atoms with Crippen molar-refractivity contribution in [1.82, 2.24) is 10.3 Å². The summed E-state index contributed by atoms with van der Waals surface area (Å²) < 4.78 is 37.9. The minimum Gasteiger partial charge on any atom is -0.382 e. The molecular weight excluding hydrogens is 415 g/mol. The number of nitrogens with one attached hydrogen (secondary N) is 4. The summed E-state index contributed by atoms with van der Waals surface area (Å²) in [5.74, 6) is 1.13. The van der Waals surface area contributed by atoms with Crippen LogP contribution in [-0.2, 0) is 6.42 Å². The lowest BCUT2D eigenvalue weighted by molar-refractivity contribution is -0.127. The zero-order chi connectivity index (χ0) is 23.3. The summed E-state index contributed by atoms with van der Waals surface area (Å²) in [5.41, 5.74) is 3.09. The summed E-state index contributed by atoms with van der Waals surface area (Å²) in [7, 11) is 0. The van der Waals surface area contributed by atoms with Crippen molar-refractivity contribution in [2.75, 3.05) is 17.2 Å². The van der Waals surface area contributed by atoms with Crippen LogP contribution in [0.4, 0.5) is 30.4 Å². The van der Waals surface area contributed by atoms with Crippen molar-refractivity contribution in [2.24, 2.45) is 5.92 Å². The summed E-state index contributed by atoms with van der Waals surface area (Å²) in [6.07, 6.45) is 0.124. The summed E-state index contributed by atoms with van der Waals surface area (Å²) >= 11 is 0. The van der Waals surface area contributed by atoms with Crippen molar-refractivity contribution in [3.05, 3.63) is 72.6 Å². The fourth-order valence-electron chi connectivity index (χ4n) is 3.66. The number of anilines is 3. The zero-order valence-corrected chi connectivity index (χ0v) is 18.0. The maximum Gasteiger partial charge on any atom is 0.393 e. The van der Waals surface area contributed by atoms with Gasteiger partial charge in [0.2, 0.25) is 0 Å². The van der Waals surface area contributed by atoms with E-state index in [-0.39, 0.29) is 12.1 Å². The first-order valence-corrected chi connectivity index (χ1v) is 10.5. The van der Waals surface area contributed by atoms with Gasteiger partial charge < -0.3 is 21.4 Å². The Morgan fingerprint density at radius 3 is 2.50 bits per heavy atom. The molecule has 5 nitrogen and oxygen atoms in total. The molecule has 32 heavy (non-hydrogen) atoms. The highest BCUT2D eigenvalue weighted by atomic mass is 19.4. The van der Waals surface area contributed by atoms with Gasteiger partial charge in [-0.15, -0.1) is 0 Å². The van der Waals surface area contributed by atoms with Gasteiger partial charge in [-0.25, -0.2) is 4.98 Å². The minimum atomic E-state index is -4.25. The maximum atomic E-state index is 12.6. The van der Waals surface area contributed by atoms with Gasteiger partial charge in [0.05, 0.1) is 24.2 Å². The van der Waals surface area contributed by atoms with E-state index < -0.39 is 12.6 Å². The fourth-order valence-corrected chi connectivity index (χ4v) is 3.66. The molecular formula is C24H28F3N5. The van der Waals surface area contributed by atoms with Crippen molar-refractivity contribution < 1.29 is 13.2 Å². The Labute approximate surface area is 186 Å². The summed E-state index contributed by atoms with van der Waals surface area (Å²) in [6.45, 7) is 9.90. The van der Waals surface area contributed by atoms with Crippen LogP contribution in [0.3, 0.4) is 0 Å². The van der Waals surface area contributed by atoms with Gasteiger partial charge in [0.1, 0.15) is 5.82 Å². The molecule has 1 aromatic carbocycles. The fraction of sp³-hybridized carbons (Fsp3) is 0.333. The molecule has 1 fully saturated rings. The average Bonchev–Trinajstić information content (AvgIpc) is 2.71. The van der Waals surface area contributed by atoms with Gasteiger partial charge in [-0.05, 0) is 48.6 Å². The Hall–Kier alpha value is -3.29. The molecule has 0 aliphatic heterocycles. The van der Waals surface area contributed by atoms with E-state index in [4.69, 9.17) is 5.41 Å². The Bertz CT molecular complexity index is 976. The van der Waals surface area contributed by atoms with E-state index in [2.05, 4.69) is 41.0 Å². The van der Waals surface area contributed by atoms with Crippen LogP contribution in [0.5, 0.6) is 0 Å². The lowest BCUT2D eigenvalue weighted by Crippen LogP contribution is -2.34. The molecule has 1 aromatic heterocycles. The first-order chi connectivity index (χ1) is 15.1. The molecule has 1 saturated carbocycles. The van der Waals surface area contributed by atoms with Crippen LogP contribution >= 0.6 is 0 Å². The Morgan fingerprint density at radius 2 is 1.91 bits per heavy atom. The molecule has 3 rings (SSSR count). The van der Waals surface area contributed by atoms with Crippen molar-refractivity contribution in [3.8, 4) is 0 Å². The number of alkyl halides is 3. The molecule has 0 saturated heterocycles. The van der Waals surface area contributed by atoms with Gasteiger partial charge in [0, 0.05) is 29.3 Å². The predicted octanol–water partition coefficient (Wildman–Crippen LogP) is 5.80. The highest BCUT2D eigenvalue weighted by Crippen LogP contribution is 2.33. The summed E-state index contributed by atoms with van der Waals surface area (Å²) in [5, 5.41) is 18.4. The van der Waals surface area contributed by atoms with Gasteiger partial charge in [0.25, 0.3) is 0 Å². The number of pyridine rings is 1. The van der Waals surface area contributed by atoms with E-state index in [1.54, 1.807) is 24.4 Å². The first-order valence-electron chi connectivity index (χ1n) is 10.5. The van der Waals surface area contributed by atoms with E-state index in [0.29, 0.717) is 40.4 Å². The molecule has 0 bridgehead atoms. The van der Waals surface area contributed by atoms with E-state index in [9.17, 15) is 13.2 Å². The second-order valence-electron chi connectivity index (χ2n) is 8.18. The predicted molar refractivity (Wildman–Crippen MR) is 124 cm³/mol. The number of hydrogen-bond donors (Lipinski definition) is 4. The van der Waals surface area contributed by atoms with E-state index in [1.165, 1.54) is 12.1 Å². The average molecular weight is 444 g/mol. The van der Waals surface area contributed by atoms with Crippen molar-refractivity contribution in [3.63, 3.8) is 0 Å². The summed E-state index contributed by atoms with van der Waals surface area (Å²) in [6, 6.07) is 8.23. The molecule has 8 heteroatoms. The van der Waals surface area contributed by atoms with Crippen LogP contribution in [0.25, 0.3) is 0 Å². The number of halogens is 3. The SMILES string of the molecule is C=CC(=C)NCC(=N)c1c(NC2CC(C)C2)ccnc1Nc1ccc(CC(F)(F)F)cc1. The lowest BCUT2D eigenvalue weighted by Gasteiger charge is -2.35. The maximum absolute atomic E-state index is 12.6. The van der Waals surface area contributed by atoms with Crippen LogP contribution in [0.1, 0.15) is 30.9 Å². The topological polar surface area (TPSA) is 72.8 Å². The number of allylic oxidation sites excluding steroid dienone is 1. The van der Waals surface area contributed by atoms with E-state index >= 15 is 0 Å².